The van der Waals surface area contributed by atoms with Crippen LogP contribution < -0.4 is 9.47 Å². The zero-order chi connectivity index (χ0) is 26.1. The van der Waals surface area contributed by atoms with E-state index >= 15 is 0 Å². The van der Waals surface area contributed by atoms with Gasteiger partial charge in [0.2, 0.25) is 0 Å². The smallest absolute Gasteiger partial charge is 0.335 e. The lowest BCUT2D eigenvalue weighted by molar-refractivity contribution is 0.0662. The minimum Gasteiger partial charge on any atom is -0.487 e. The third-order valence-electron chi connectivity index (χ3n) is 8.53. The van der Waals surface area contributed by atoms with E-state index in [1.165, 1.54) is 48.7 Å². The van der Waals surface area contributed by atoms with Gasteiger partial charge in [-0.25, -0.2) is 4.79 Å². The van der Waals surface area contributed by atoms with Gasteiger partial charge in [0.15, 0.2) is 11.5 Å². The van der Waals surface area contributed by atoms with Gasteiger partial charge in [-0.1, -0.05) is 31.4 Å². The monoisotopic (exact) mass is 518 g/mol. The standard InChI is InChI=1S/C31H38N2O5/c1-36-17-15-32-14-6-9-23(20-32)38-27-11-5-10-25-29-28(21-7-3-2-4-8-21)24-13-12-22(31(34)35)19-26(24)33(29)16-18-37-30(25)27/h5,10-13,19,21,23H,2-4,6-9,14-18,20H2,1H3,(H,34,35). The van der Waals surface area contributed by atoms with Gasteiger partial charge in [-0.3, -0.25) is 4.90 Å². The van der Waals surface area contributed by atoms with Crippen LogP contribution in [0.2, 0.25) is 0 Å². The minimum absolute atomic E-state index is 0.112. The highest BCUT2D eigenvalue weighted by atomic mass is 16.5. The summed E-state index contributed by atoms with van der Waals surface area (Å²) in [5, 5.41) is 10.9. The largest absolute Gasteiger partial charge is 0.487 e. The molecule has 1 saturated heterocycles. The van der Waals surface area contributed by atoms with E-state index in [0.29, 0.717) is 24.6 Å². The number of hydrogen-bond donors (Lipinski definition) is 1. The molecule has 2 aliphatic heterocycles. The topological polar surface area (TPSA) is 73.2 Å². The highest BCUT2D eigenvalue weighted by molar-refractivity contribution is 5.99. The molecule has 6 rings (SSSR count). The maximum atomic E-state index is 11.8. The number of carboxylic acids is 1. The number of carboxylic acid groups (broad SMARTS) is 1. The van der Waals surface area contributed by atoms with Gasteiger partial charge in [-0.2, -0.15) is 0 Å². The molecule has 7 heteroatoms. The summed E-state index contributed by atoms with van der Waals surface area (Å²) in [6.45, 7) is 4.80. The maximum Gasteiger partial charge on any atom is 0.335 e. The fourth-order valence-corrected chi connectivity index (χ4v) is 6.73. The van der Waals surface area contributed by atoms with Crippen molar-refractivity contribution in [1.82, 2.24) is 9.47 Å². The Balaban J connectivity index is 1.43. The van der Waals surface area contributed by atoms with E-state index in [2.05, 4.69) is 21.6 Å². The number of aromatic carboxylic acids is 1. The van der Waals surface area contributed by atoms with Crippen molar-refractivity contribution in [3.63, 3.8) is 0 Å². The Morgan fingerprint density at radius 3 is 2.76 bits per heavy atom. The number of piperidine rings is 1. The van der Waals surface area contributed by atoms with E-state index in [9.17, 15) is 9.90 Å². The number of fused-ring (bicyclic) bond motifs is 5. The predicted octanol–water partition coefficient (Wildman–Crippen LogP) is 5.94. The maximum absolute atomic E-state index is 11.8. The zero-order valence-corrected chi connectivity index (χ0v) is 22.3. The fourth-order valence-electron chi connectivity index (χ4n) is 6.73. The number of benzene rings is 2. The first-order valence-corrected chi connectivity index (χ1v) is 14.2. The van der Waals surface area contributed by atoms with Gasteiger partial charge in [0, 0.05) is 36.7 Å². The lowest BCUT2D eigenvalue weighted by atomic mass is 9.81. The molecule has 1 aromatic heterocycles. The molecule has 0 radical (unpaired) electrons. The number of carbonyl (C=O) groups is 1. The number of rotatable bonds is 7. The summed E-state index contributed by atoms with van der Waals surface area (Å²) in [5.41, 5.74) is 4.90. The van der Waals surface area contributed by atoms with Crippen LogP contribution in [0.3, 0.4) is 0 Å². The molecule has 1 N–H and O–H groups in total. The summed E-state index contributed by atoms with van der Waals surface area (Å²) in [4.78, 5) is 14.3. The lowest BCUT2D eigenvalue weighted by Crippen LogP contribution is -2.42. The summed E-state index contributed by atoms with van der Waals surface area (Å²) in [5.74, 6) is 1.19. The molecule has 1 aliphatic carbocycles. The van der Waals surface area contributed by atoms with Crippen LogP contribution in [-0.2, 0) is 11.3 Å². The number of ether oxygens (including phenoxy) is 3. The lowest BCUT2D eigenvalue weighted by Gasteiger charge is -2.33. The molecule has 0 bridgehead atoms. The summed E-state index contributed by atoms with van der Waals surface area (Å²) < 4.78 is 20.7. The second kappa shape index (κ2) is 11.0. The summed E-state index contributed by atoms with van der Waals surface area (Å²) >= 11 is 0. The van der Waals surface area contributed by atoms with Crippen molar-refractivity contribution in [1.29, 1.82) is 0 Å². The molecule has 7 nitrogen and oxygen atoms in total. The fraction of sp³-hybridized carbons (Fsp3) is 0.516. The molecule has 2 fully saturated rings. The van der Waals surface area contributed by atoms with Crippen molar-refractivity contribution in [3.05, 3.63) is 47.5 Å². The van der Waals surface area contributed by atoms with Crippen LogP contribution in [0.4, 0.5) is 0 Å². The van der Waals surface area contributed by atoms with Crippen molar-refractivity contribution in [3.8, 4) is 22.8 Å². The van der Waals surface area contributed by atoms with Gasteiger partial charge < -0.3 is 23.9 Å². The van der Waals surface area contributed by atoms with Crippen LogP contribution in [0.1, 0.15) is 66.8 Å². The third-order valence-corrected chi connectivity index (χ3v) is 8.53. The molecule has 0 amide bonds. The Hall–Kier alpha value is -3.03. The second-order valence-corrected chi connectivity index (χ2v) is 10.9. The number of likely N-dealkylation sites (tertiary alicyclic amines) is 1. The normalized spacial score (nSPS) is 20.4. The van der Waals surface area contributed by atoms with Crippen molar-refractivity contribution in [2.24, 2.45) is 0 Å². The molecule has 1 saturated carbocycles. The second-order valence-electron chi connectivity index (χ2n) is 10.9. The van der Waals surface area contributed by atoms with Crippen LogP contribution in [-0.4, -0.2) is 66.6 Å². The van der Waals surface area contributed by atoms with E-state index in [-0.39, 0.29) is 6.10 Å². The first kappa shape index (κ1) is 25.3. The van der Waals surface area contributed by atoms with Crippen molar-refractivity contribution in [2.45, 2.75) is 63.5 Å². The summed E-state index contributed by atoms with van der Waals surface area (Å²) in [7, 11) is 1.75. The molecule has 3 heterocycles. The van der Waals surface area contributed by atoms with Gasteiger partial charge in [0.25, 0.3) is 0 Å². The Morgan fingerprint density at radius 1 is 1.08 bits per heavy atom. The quantitative estimate of drug-likeness (QED) is 0.418. The van der Waals surface area contributed by atoms with Gasteiger partial charge in [-0.15, -0.1) is 0 Å². The van der Waals surface area contributed by atoms with E-state index in [1.807, 2.05) is 18.2 Å². The molecular formula is C31H38N2O5. The van der Waals surface area contributed by atoms with E-state index in [1.54, 1.807) is 13.2 Å². The average molecular weight is 519 g/mol. The van der Waals surface area contributed by atoms with Crippen LogP contribution in [0.5, 0.6) is 11.5 Å². The number of hydrogen-bond acceptors (Lipinski definition) is 5. The van der Waals surface area contributed by atoms with E-state index in [0.717, 1.165) is 61.7 Å². The zero-order valence-electron chi connectivity index (χ0n) is 22.3. The molecule has 1 atom stereocenters. The first-order valence-electron chi connectivity index (χ1n) is 14.2. The minimum atomic E-state index is -0.894. The van der Waals surface area contributed by atoms with E-state index in [4.69, 9.17) is 14.2 Å². The summed E-state index contributed by atoms with van der Waals surface area (Å²) in [6.07, 6.45) is 8.33. The van der Waals surface area contributed by atoms with Gasteiger partial charge in [0.05, 0.1) is 24.4 Å². The molecule has 3 aliphatic rings. The Kier molecular flexibility index (Phi) is 7.30. The number of aromatic nitrogens is 1. The van der Waals surface area contributed by atoms with E-state index < -0.39 is 5.97 Å². The number of para-hydroxylation sites is 1. The molecule has 3 aromatic rings. The van der Waals surface area contributed by atoms with Crippen LogP contribution in [0.25, 0.3) is 22.2 Å². The van der Waals surface area contributed by atoms with Crippen LogP contribution >= 0.6 is 0 Å². The predicted molar refractivity (Wildman–Crippen MR) is 148 cm³/mol. The molecule has 202 valence electrons. The third kappa shape index (κ3) is 4.78. The SMILES string of the molecule is COCCN1CCCC(Oc2cccc3c2OCCn2c-3c(C3CCCCC3)c3ccc(C(=O)O)cc32)C1. The highest BCUT2D eigenvalue weighted by Crippen LogP contribution is 2.49. The van der Waals surface area contributed by atoms with Crippen molar-refractivity contribution in [2.75, 3.05) is 40.0 Å². The molecule has 1 unspecified atom stereocenters. The Bertz CT molecular complexity index is 1310. The van der Waals surface area contributed by atoms with Crippen molar-refractivity contribution < 1.29 is 24.1 Å². The summed E-state index contributed by atoms with van der Waals surface area (Å²) in [6, 6.07) is 11.9. The Labute approximate surface area is 224 Å². The first-order chi connectivity index (χ1) is 18.6. The van der Waals surface area contributed by atoms with Crippen LogP contribution in [0, 0.1) is 0 Å². The average Bonchev–Trinajstić information content (AvgIpc) is 3.13. The van der Waals surface area contributed by atoms with Gasteiger partial charge in [0.1, 0.15) is 12.7 Å². The van der Waals surface area contributed by atoms with Gasteiger partial charge >= 0.3 is 5.97 Å². The molecule has 0 spiro atoms. The highest BCUT2D eigenvalue weighted by Gasteiger charge is 2.31. The van der Waals surface area contributed by atoms with Gasteiger partial charge in [-0.05, 0) is 68.0 Å². The molecule has 2 aromatic carbocycles. The van der Waals surface area contributed by atoms with Crippen molar-refractivity contribution >= 4 is 16.9 Å². The number of nitrogens with zero attached hydrogens (tertiary/aromatic N) is 2. The molecular weight excluding hydrogens is 480 g/mol. The van der Waals surface area contributed by atoms with Crippen LogP contribution in [0.15, 0.2) is 36.4 Å². The number of methoxy groups -OCH3 is 1. The molecule has 38 heavy (non-hydrogen) atoms. The Morgan fingerprint density at radius 2 is 1.95 bits per heavy atom.